The molecule has 0 amide bonds. The summed E-state index contributed by atoms with van der Waals surface area (Å²) in [6, 6.07) is 2.78. The van der Waals surface area contributed by atoms with Crippen molar-refractivity contribution in [2.24, 2.45) is 0 Å². The van der Waals surface area contributed by atoms with Crippen molar-refractivity contribution in [1.29, 1.82) is 0 Å². The zero-order valence-corrected chi connectivity index (χ0v) is 10.9. The quantitative estimate of drug-likeness (QED) is 0.859. The molecule has 0 unspecified atom stereocenters. The lowest BCUT2D eigenvalue weighted by Crippen LogP contribution is -2.31. The molecule has 0 aromatic carbocycles. The maximum atomic E-state index is 12.0. The Bertz CT molecular complexity index is 492. The molecule has 0 fully saturated rings. The van der Waals surface area contributed by atoms with Gasteiger partial charge in [0.2, 0.25) is 0 Å². The zero-order valence-electron chi connectivity index (χ0n) is 10.9. The van der Waals surface area contributed by atoms with E-state index in [1.54, 1.807) is 10.6 Å². The average Bonchev–Trinajstić information content (AvgIpc) is 2.14. The van der Waals surface area contributed by atoms with Crippen LogP contribution >= 0.6 is 0 Å². The van der Waals surface area contributed by atoms with Crippen LogP contribution in [0.15, 0.2) is 16.9 Å². The second-order valence-corrected chi connectivity index (χ2v) is 5.49. The number of pyridine rings is 1. The van der Waals surface area contributed by atoms with E-state index in [4.69, 9.17) is 5.11 Å². The van der Waals surface area contributed by atoms with Gasteiger partial charge in [-0.2, -0.15) is 0 Å². The Kier molecular flexibility index (Phi) is 3.45. The summed E-state index contributed by atoms with van der Waals surface area (Å²) in [6.07, 6.45) is 0. The van der Waals surface area contributed by atoms with E-state index in [2.05, 4.69) is 0 Å². The number of carboxylic acid groups (broad SMARTS) is 1. The third kappa shape index (κ3) is 2.75. The summed E-state index contributed by atoms with van der Waals surface area (Å²) in [6.45, 7) is 9.72. The fourth-order valence-electron chi connectivity index (χ4n) is 1.81. The van der Waals surface area contributed by atoms with Gasteiger partial charge in [0.25, 0.3) is 5.56 Å². The highest BCUT2D eigenvalue weighted by atomic mass is 16.4. The van der Waals surface area contributed by atoms with Gasteiger partial charge < -0.3 is 9.67 Å². The Morgan fingerprint density at radius 3 is 2.18 bits per heavy atom. The fraction of sp³-hybridized carbons (Fsp3) is 0.538. The standard InChI is InChI=1S/C13H19NO3/c1-8(2)14-10(13(3,4)5)6-9(12(16)17)7-11(14)15/h6-8H,1-5H3,(H,16,17). The summed E-state index contributed by atoms with van der Waals surface area (Å²) in [7, 11) is 0. The van der Waals surface area contributed by atoms with E-state index in [9.17, 15) is 9.59 Å². The van der Waals surface area contributed by atoms with Crippen LogP contribution in [0.25, 0.3) is 0 Å². The maximum Gasteiger partial charge on any atom is 0.335 e. The number of aromatic carboxylic acids is 1. The largest absolute Gasteiger partial charge is 0.478 e. The van der Waals surface area contributed by atoms with Crippen LogP contribution in [0.3, 0.4) is 0 Å². The van der Waals surface area contributed by atoms with Crippen LogP contribution in [0.4, 0.5) is 0 Å². The van der Waals surface area contributed by atoms with E-state index in [1.165, 1.54) is 6.07 Å². The Morgan fingerprint density at radius 1 is 1.29 bits per heavy atom. The first kappa shape index (κ1) is 13.5. The molecular weight excluding hydrogens is 218 g/mol. The van der Waals surface area contributed by atoms with Crippen molar-refractivity contribution in [1.82, 2.24) is 4.57 Å². The van der Waals surface area contributed by atoms with E-state index in [-0.39, 0.29) is 22.6 Å². The maximum absolute atomic E-state index is 12.0. The first-order valence-corrected chi connectivity index (χ1v) is 5.65. The molecule has 17 heavy (non-hydrogen) atoms. The van der Waals surface area contributed by atoms with Crippen molar-refractivity contribution in [2.75, 3.05) is 0 Å². The molecule has 0 saturated heterocycles. The van der Waals surface area contributed by atoms with Gasteiger partial charge in [0.05, 0.1) is 5.56 Å². The Hall–Kier alpha value is -1.58. The smallest absolute Gasteiger partial charge is 0.335 e. The van der Waals surface area contributed by atoms with E-state index >= 15 is 0 Å². The van der Waals surface area contributed by atoms with Gasteiger partial charge in [-0.15, -0.1) is 0 Å². The zero-order chi connectivity index (χ0) is 13.4. The lowest BCUT2D eigenvalue weighted by molar-refractivity contribution is 0.0696. The molecule has 94 valence electrons. The van der Waals surface area contributed by atoms with Crippen LogP contribution in [-0.4, -0.2) is 15.6 Å². The molecule has 4 nitrogen and oxygen atoms in total. The van der Waals surface area contributed by atoms with E-state index in [0.717, 1.165) is 5.69 Å². The Morgan fingerprint density at radius 2 is 1.82 bits per heavy atom. The highest BCUT2D eigenvalue weighted by Gasteiger charge is 2.22. The molecule has 0 radical (unpaired) electrons. The lowest BCUT2D eigenvalue weighted by Gasteiger charge is -2.26. The molecule has 1 aromatic rings. The molecule has 1 rings (SSSR count). The third-order valence-corrected chi connectivity index (χ3v) is 2.60. The predicted octanol–water partition coefficient (Wildman–Crippen LogP) is 2.42. The van der Waals surface area contributed by atoms with Gasteiger partial charge in [-0.3, -0.25) is 4.79 Å². The third-order valence-electron chi connectivity index (χ3n) is 2.60. The van der Waals surface area contributed by atoms with Gasteiger partial charge >= 0.3 is 5.97 Å². The molecule has 0 aliphatic rings. The molecule has 0 aliphatic heterocycles. The monoisotopic (exact) mass is 237 g/mol. The minimum Gasteiger partial charge on any atom is -0.478 e. The summed E-state index contributed by atoms with van der Waals surface area (Å²) < 4.78 is 1.65. The minimum atomic E-state index is -1.07. The molecular formula is C13H19NO3. The molecule has 0 bridgehead atoms. The van der Waals surface area contributed by atoms with Crippen molar-refractivity contribution in [3.8, 4) is 0 Å². The first-order chi connectivity index (χ1) is 7.64. The van der Waals surface area contributed by atoms with E-state index < -0.39 is 5.97 Å². The van der Waals surface area contributed by atoms with Crippen molar-refractivity contribution >= 4 is 5.97 Å². The summed E-state index contributed by atoms with van der Waals surface area (Å²) in [5, 5.41) is 8.98. The number of rotatable bonds is 2. The number of hydrogen-bond donors (Lipinski definition) is 1. The summed E-state index contributed by atoms with van der Waals surface area (Å²) >= 11 is 0. The summed E-state index contributed by atoms with van der Waals surface area (Å²) in [4.78, 5) is 22.9. The topological polar surface area (TPSA) is 59.3 Å². The van der Waals surface area contributed by atoms with Gasteiger partial charge in [-0.1, -0.05) is 20.8 Å². The van der Waals surface area contributed by atoms with Crippen LogP contribution in [0.1, 0.15) is 56.7 Å². The highest BCUT2D eigenvalue weighted by Crippen LogP contribution is 2.24. The second kappa shape index (κ2) is 4.35. The van der Waals surface area contributed by atoms with Crippen molar-refractivity contribution in [3.05, 3.63) is 33.7 Å². The molecule has 4 heteroatoms. The van der Waals surface area contributed by atoms with Crippen molar-refractivity contribution in [3.63, 3.8) is 0 Å². The van der Waals surface area contributed by atoms with Gasteiger partial charge in [-0.25, -0.2) is 4.79 Å². The van der Waals surface area contributed by atoms with E-state index in [0.29, 0.717) is 0 Å². The molecule has 1 aromatic heterocycles. The first-order valence-electron chi connectivity index (χ1n) is 5.65. The number of carbonyl (C=O) groups is 1. The lowest BCUT2D eigenvalue weighted by atomic mass is 9.89. The normalized spacial score (nSPS) is 11.9. The second-order valence-electron chi connectivity index (χ2n) is 5.49. The Balaban J connectivity index is 3.63. The van der Waals surface area contributed by atoms with Crippen LogP contribution in [0.5, 0.6) is 0 Å². The minimum absolute atomic E-state index is 0.0135. The van der Waals surface area contributed by atoms with Gasteiger partial charge in [0, 0.05) is 23.2 Å². The SMILES string of the molecule is CC(C)n1c(C(C)(C)C)cc(C(=O)O)cc1=O. The molecule has 0 aliphatic carbocycles. The van der Waals surface area contributed by atoms with Crippen LogP contribution in [0.2, 0.25) is 0 Å². The van der Waals surface area contributed by atoms with Crippen molar-refractivity contribution in [2.45, 2.75) is 46.1 Å². The number of aromatic nitrogens is 1. The number of nitrogens with zero attached hydrogens (tertiary/aromatic N) is 1. The number of hydrogen-bond acceptors (Lipinski definition) is 2. The van der Waals surface area contributed by atoms with Crippen LogP contribution in [-0.2, 0) is 5.41 Å². The number of carboxylic acids is 1. The van der Waals surface area contributed by atoms with Crippen molar-refractivity contribution < 1.29 is 9.90 Å². The molecule has 0 saturated carbocycles. The summed E-state index contributed by atoms with van der Waals surface area (Å²) in [5.41, 5.74) is 0.272. The fourth-order valence-corrected chi connectivity index (χ4v) is 1.81. The van der Waals surface area contributed by atoms with Crippen LogP contribution in [0, 0.1) is 0 Å². The van der Waals surface area contributed by atoms with Gasteiger partial charge in [-0.05, 0) is 19.9 Å². The van der Waals surface area contributed by atoms with Crippen LogP contribution < -0.4 is 5.56 Å². The molecule has 1 N–H and O–H groups in total. The molecule has 1 heterocycles. The van der Waals surface area contributed by atoms with E-state index in [1.807, 2.05) is 34.6 Å². The molecule has 0 atom stereocenters. The van der Waals surface area contributed by atoms with Gasteiger partial charge in [0.15, 0.2) is 0 Å². The Labute approximate surface area is 101 Å². The van der Waals surface area contributed by atoms with Gasteiger partial charge in [0.1, 0.15) is 0 Å². The summed E-state index contributed by atoms with van der Waals surface area (Å²) in [5.74, 6) is -1.07. The molecule has 0 spiro atoms. The predicted molar refractivity (Wildman–Crippen MR) is 66.7 cm³/mol. The highest BCUT2D eigenvalue weighted by molar-refractivity contribution is 5.87. The average molecular weight is 237 g/mol.